The molecule has 0 bridgehead atoms. The average Bonchev–Trinajstić information content (AvgIpc) is 3.10. The molecule has 1 amide bonds. The Morgan fingerprint density at radius 3 is 2.35 bits per heavy atom. The van der Waals surface area contributed by atoms with Gasteiger partial charge in [-0.3, -0.25) is 4.79 Å². The number of hydrogen-bond acceptors (Lipinski definition) is 6. The second-order valence-corrected chi connectivity index (χ2v) is 10.1. The van der Waals surface area contributed by atoms with Crippen LogP contribution in [0.4, 0.5) is 0 Å². The van der Waals surface area contributed by atoms with Gasteiger partial charge in [0.25, 0.3) is 0 Å². The number of amides is 1. The second-order valence-electron chi connectivity index (χ2n) is 8.20. The summed E-state index contributed by atoms with van der Waals surface area (Å²) in [6.07, 6.45) is 0.941. The highest BCUT2D eigenvalue weighted by molar-refractivity contribution is 7.89. The minimum atomic E-state index is -3.70. The van der Waals surface area contributed by atoms with Crippen LogP contribution in [-0.4, -0.2) is 47.8 Å². The summed E-state index contributed by atoms with van der Waals surface area (Å²) in [5.74, 6) is 0.0924. The van der Waals surface area contributed by atoms with Gasteiger partial charge in [0.05, 0.1) is 11.6 Å². The summed E-state index contributed by atoms with van der Waals surface area (Å²) in [6.45, 7) is 8.17. The SMILES string of the molecule is Cc1noc(C)c1S(=O)(=O)N1CCC(C(=O)N(Cc2ccc(C#N)cc2)C(C)C)CC1. The fraction of sp³-hybridized carbons (Fsp3) is 0.500. The maximum atomic E-state index is 13.2. The van der Waals surface area contributed by atoms with Crippen molar-refractivity contribution >= 4 is 15.9 Å². The largest absolute Gasteiger partial charge is 0.360 e. The molecule has 1 fully saturated rings. The molecular weight excluding hydrogens is 416 g/mol. The topological polar surface area (TPSA) is 108 Å². The van der Waals surface area contributed by atoms with Gasteiger partial charge in [-0.1, -0.05) is 17.3 Å². The summed E-state index contributed by atoms with van der Waals surface area (Å²) in [5.41, 5.74) is 1.89. The van der Waals surface area contributed by atoms with Crippen molar-refractivity contribution in [2.45, 2.75) is 58.0 Å². The molecule has 1 aromatic heterocycles. The highest BCUT2D eigenvalue weighted by atomic mass is 32.2. The zero-order valence-electron chi connectivity index (χ0n) is 18.3. The van der Waals surface area contributed by atoms with E-state index >= 15 is 0 Å². The molecule has 1 aliphatic heterocycles. The van der Waals surface area contributed by atoms with E-state index in [-0.39, 0.29) is 41.6 Å². The number of aromatic nitrogens is 1. The molecule has 0 aliphatic carbocycles. The number of piperidine rings is 1. The molecule has 8 nitrogen and oxygen atoms in total. The Kier molecular flexibility index (Phi) is 6.82. The first-order valence-electron chi connectivity index (χ1n) is 10.4. The number of carbonyl (C=O) groups excluding carboxylic acids is 1. The van der Waals surface area contributed by atoms with E-state index in [4.69, 9.17) is 9.78 Å². The Morgan fingerprint density at radius 1 is 1.26 bits per heavy atom. The Balaban J connectivity index is 1.68. The Bertz CT molecular complexity index is 1060. The standard InChI is InChI=1S/C22H28N4O4S/c1-15(2)26(14-19-7-5-18(13-23)6-8-19)22(27)20-9-11-25(12-10-20)31(28,29)21-16(3)24-30-17(21)4/h5-8,15,20H,9-12,14H2,1-4H3. The zero-order chi connectivity index (χ0) is 22.8. The first-order chi connectivity index (χ1) is 14.6. The average molecular weight is 445 g/mol. The molecule has 0 spiro atoms. The number of hydrogen-bond donors (Lipinski definition) is 0. The number of nitrogens with zero attached hydrogens (tertiary/aromatic N) is 4. The Morgan fingerprint density at radius 2 is 1.87 bits per heavy atom. The number of nitriles is 1. The van der Waals surface area contributed by atoms with Crippen molar-refractivity contribution in [2.75, 3.05) is 13.1 Å². The molecule has 0 atom stereocenters. The summed E-state index contributed by atoms with van der Waals surface area (Å²) < 4.78 is 32.5. The second kappa shape index (κ2) is 9.20. The van der Waals surface area contributed by atoms with Crippen molar-refractivity contribution < 1.29 is 17.7 Å². The Hall–Kier alpha value is -2.70. The van der Waals surface area contributed by atoms with Crippen LogP contribution < -0.4 is 0 Å². The molecule has 0 radical (unpaired) electrons. The van der Waals surface area contributed by atoms with Crippen LogP contribution in [0.2, 0.25) is 0 Å². The van der Waals surface area contributed by atoms with E-state index in [1.807, 2.05) is 30.9 Å². The number of benzene rings is 1. The third kappa shape index (κ3) is 4.81. The summed E-state index contributed by atoms with van der Waals surface area (Å²) in [6, 6.07) is 9.32. The molecule has 1 aromatic carbocycles. The van der Waals surface area contributed by atoms with Crippen LogP contribution in [0.15, 0.2) is 33.7 Å². The van der Waals surface area contributed by atoms with E-state index in [9.17, 15) is 13.2 Å². The highest BCUT2D eigenvalue weighted by Crippen LogP contribution is 2.29. The molecule has 31 heavy (non-hydrogen) atoms. The molecule has 166 valence electrons. The van der Waals surface area contributed by atoms with Gasteiger partial charge in [0.1, 0.15) is 10.6 Å². The van der Waals surface area contributed by atoms with Crippen LogP contribution in [0.25, 0.3) is 0 Å². The van der Waals surface area contributed by atoms with Crippen LogP contribution in [0.3, 0.4) is 0 Å². The third-order valence-electron chi connectivity index (χ3n) is 5.71. The monoisotopic (exact) mass is 444 g/mol. The fourth-order valence-corrected chi connectivity index (χ4v) is 5.71. The molecule has 3 rings (SSSR count). The molecule has 0 unspecified atom stereocenters. The van der Waals surface area contributed by atoms with Gasteiger partial charge in [-0.15, -0.1) is 0 Å². The lowest BCUT2D eigenvalue weighted by Crippen LogP contribution is -2.46. The van der Waals surface area contributed by atoms with Gasteiger partial charge in [-0.2, -0.15) is 9.57 Å². The van der Waals surface area contributed by atoms with Crippen LogP contribution in [0, 0.1) is 31.1 Å². The first kappa shape index (κ1) is 23.0. The maximum absolute atomic E-state index is 13.2. The smallest absolute Gasteiger partial charge is 0.248 e. The summed E-state index contributed by atoms with van der Waals surface area (Å²) in [7, 11) is -3.70. The van der Waals surface area contributed by atoms with E-state index in [1.165, 1.54) is 4.31 Å². The van der Waals surface area contributed by atoms with E-state index in [1.54, 1.807) is 26.0 Å². The molecule has 9 heteroatoms. The fourth-order valence-electron chi connectivity index (χ4n) is 3.95. The quantitative estimate of drug-likeness (QED) is 0.678. The van der Waals surface area contributed by atoms with Gasteiger partial charge in [-0.25, -0.2) is 8.42 Å². The van der Waals surface area contributed by atoms with Crippen LogP contribution in [0.5, 0.6) is 0 Å². The van der Waals surface area contributed by atoms with Crippen LogP contribution in [0.1, 0.15) is 49.3 Å². The van der Waals surface area contributed by atoms with Crippen molar-refractivity contribution in [1.29, 1.82) is 5.26 Å². The first-order valence-corrected chi connectivity index (χ1v) is 11.8. The molecule has 1 aliphatic rings. The zero-order valence-corrected chi connectivity index (χ0v) is 19.1. The van der Waals surface area contributed by atoms with Gasteiger partial charge < -0.3 is 9.42 Å². The molecule has 1 saturated heterocycles. The Labute approximate surface area is 183 Å². The predicted octanol–water partition coefficient (Wildman–Crippen LogP) is 3.00. The summed E-state index contributed by atoms with van der Waals surface area (Å²) in [4.78, 5) is 15.2. The highest BCUT2D eigenvalue weighted by Gasteiger charge is 2.36. The van der Waals surface area contributed by atoms with Crippen LogP contribution in [-0.2, 0) is 21.4 Å². The molecular formula is C22H28N4O4S. The molecule has 0 saturated carbocycles. The van der Waals surface area contributed by atoms with Crippen molar-refractivity contribution in [3.05, 3.63) is 46.8 Å². The van der Waals surface area contributed by atoms with E-state index < -0.39 is 10.0 Å². The van der Waals surface area contributed by atoms with Crippen molar-refractivity contribution in [3.8, 4) is 6.07 Å². The van der Waals surface area contributed by atoms with Gasteiger partial charge in [-0.05, 0) is 58.2 Å². The molecule has 0 N–H and O–H groups in total. The van der Waals surface area contributed by atoms with Crippen molar-refractivity contribution in [1.82, 2.24) is 14.4 Å². The van der Waals surface area contributed by atoms with E-state index in [0.29, 0.717) is 30.6 Å². The van der Waals surface area contributed by atoms with E-state index in [2.05, 4.69) is 11.2 Å². The minimum absolute atomic E-state index is 0.00668. The van der Waals surface area contributed by atoms with Gasteiger partial charge in [0.2, 0.25) is 15.9 Å². The van der Waals surface area contributed by atoms with E-state index in [0.717, 1.165) is 5.56 Å². The van der Waals surface area contributed by atoms with Crippen molar-refractivity contribution in [2.24, 2.45) is 5.92 Å². The minimum Gasteiger partial charge on any atom is -0.360 e. The summed E-state index contributed by atoms with van der Waals surface area (Å²) in [5, 5.41) is 12.7. The number of sulfonamides is 1. The lowest BCUT2D eigenvalue weighted by Gasteiger charge is -2.35. The van der Waals surface area contributed by atoms with Gasteiger partial charge in [0.15, 0.2) is 5.76 Å². The summed E-state index contributed by atoms with van der Waals surface area (Å²) >= 11 is 0. The van der Waals surface area contributed by atoms with Gasteiger partial charge in [0, 0.05) is 31.6 Å². The molecule has 2 aromatic rings. The molecule has 2 heterocycles. The number of aryl methyl sites for hydroxylation is 2. The van der Waals surface area contributed by atoms with Crippen LogP contribution >= 0.6 is 0 Å². The number of rotatable bonds is 6. The normalized spacial score (nSPS) is 15.7. The lowest BCUT2D eigenvalue weighted by atomic mass is 9.95. The van der Waals surface area contributed by atoms with Crippen molar-refractivity contribution in [3.63, 3.8) is 0 Å². The van der Waals surface area contributed by atoms with Gasteiger partial charge >= 0.3 is 0 Å². The third-order valence-corrected chi connectivity index (χ3v) is 7.86. The maximum Gasteiger partial charge on any atom is 0.248 e. The lowest BCUT2D eigenvalue weighted by molar-refractivity contribution is -0.139. The number of carbonyl (C=O) groups is 1. The predicted molar refractivity (Wildman–Crippen MR) is 114 cm³/mol.